The molecule has 1 amide bonds. The fraction of sp³-hybridized carbons (Fsp3) is 0.350. The first-order valence-corrected chi connectivity index (χ1v) is 9.62. The van der Waals surface area contributed by atoms with Crippen LogP contribution in [-0.2, 0) is 27.1 Å². The van der Waals surface area contributed by atoms with Gasteiger partial charge in [0.1, 0.15) is 0 Å². The Kier molecular flexibility index (Phi) is 5.91. The van der Waals surface area contributed by atoms with E-state index in [4.69, 9.17) is 4.74 Å². The summed E-state index contributed by atoms with van der Waals surface area (Å²) in [6.45, 7) is 1.42. The van der Waals surface area contributed by atoms with Crippen molar-refractivity contribution in [2.24, 2.45) is 0 Å². The number of hydrogen-bond donors (Lipinski definition) is 1. The van der Waals surface area contributed by atoms with Gasteiger partial charge >= 0.3 is 11.9 Å². The van der Waals surface area contributed by atoms with Crippen LogP contribution in [0, 0.1) is 6.92 Å². The number of methoxy groups -OCH3 is 1. The number of hydrogen-bond acceptors (Lipinski definition) is 6. The monoisotopic (exact) mass is 387 g/mol. The SMILES string of the molecule is COC(=O)c1ccc(C)c(NC(=O)COC(=O)c2csc3c2CCCC3)c1. The van der Waals surface area contributed by atoms with Crippen LogP contribution in [0.2, 0.25) is 0 Å². The van der Waals surface area contributed by atoms with Gasteiger partial charge in [-0.15, -0.1) is 11.3 Å². The second-order valence-electron chi connectivity index (χ2n) is 6.40. The minimum Gasteiger partial charge on any atom is -0.465 e. The molecule has 0 spiro atoms. The van der Waals surface area contributed by atoms with Gasteiger partial charge in [-0.2, -0.15) is 0 Å². The molecule has 0 saturated carbocycles. The third-order valence-corrected chi connectivity index (χ3v) is 5.64. The van der Waals surface area contributed by atoms with E-state index in [2.05, 4.69) is 10.1 Å². The second kappa shape index (κ2) is 8.35. The number of carbonyl (C=O) groups is 3. The molecule has 3 rings (SSSR count). The van der Waals surface area contributed by atoms with Gasteiger partial charge in [-0.05, 0) is 55.9 Å². The summed E-state index contributed by atoms with van der Waals surface area (Å²) >= 11 is 1.58. The quantitative estimate of drug-likeness (QED) is 0.794. The summed E-state index contributed by atoms with van der Waals surface area (Å²) in [7, 11) is 1.29. The Morgan fingerprint density at radius 1 is 1.15 bits per heavy atom. The number of amides is 1. The number of anilines is 1. The van der Waals surface area contributed by atoms with Crippen molar-refractivity contribution in [3.05, 3.63) is 50.7 Å². The Labute approximate surface area is 161 Å². The molecule has 0 radical (unpaired) electrons. The number of rotatable bonds is 5. The number of thiophene rings is 1. The van der Waals surface area contributed by atoms with Crippen molar-refractivity contribution >= 4 is 34.9 Å². The summed E-state index contributed by atoms with van der Waals surface area (Å²) in [6, 6.07) is 4.87. The van der Waals surface area contributed by atoms with E-state index in [0.29, 0.717) is 16.8 Å². The van der Waals surface area contributed by atoms with Crippen LogP contribution in [0.1, 0.15) is 49.6 Å². The molecule has 1 aromatic carbocycles. The van der Waals surface area contributed by atoms with Crippen molar-refractivity contribution in [1.29, 1.82) is 0 Å². The van der Waals surface area contributed by atoms with Gasteiger partial charge in [-0.25, -0.2) is 9.59 Å². The van der Waals surface area contributed by atoms with Gasteiger partial charge in [0.15, 0.2) is 6.61 Å². The molecule has 6 nitrogen and oxygen atoms in total. The predicted octanol–water partition coefficient (Wildman–Crippen LogP) is 3.52. The summed E-state index contributed by atoms with van der Waals surface area (Å²) in [5.74, 6) is -1.42. The third-order valence-electron chi connectivity index (χ3n) is 4.55. The van der Waals surface area contributed by atoms with E-state index in [0.717, 1.165) is 36.8 Å². The molecule has 0 unspecified atom stereocenters. The molecule has 142 valence electrons. The van der Waals surface area contributed by atoms with Crippen molar-refractivity contribution in [2.45, 2.75) is 32.6 Å². The molecular weight excluding hydrogens is 366 g/mol. The average Bonchev–Trinajstić information content (AvgIpc) is 3.11. The molecule has 0 bridgehead atoms. The molecule has 2 aromatic rings. The molecular formula is C20H21NO5S. The summed E-state index contributed by atoms with van der Waals surface area (Å²) in [6.07, 6.45) is 4.10. The Bertz CT molecular complexity index is 886. The molecule has 0 fully saturated rings. The minimum atomic E-state index is -0.487. The van der Waals surface area contributed by atoms with Crippen LogP contribution in [0.25, 0.3) is 0 Å². The molecule has 1 heterocycles. The Morgan fingerprint density at radius 3 is 2.70 bits per heavy atom. The lowest BCUT2D eigenvalue weighted by Crippen LogP contribution is -2.22. The standard InChI is InChI=1S/C20H21NO5S/c1-12-7-8-13(19(23)25-2)9-16(12)21-18(22)10-26-20(24)15-11-27-17-6-4-3-5-14(15)17/h7-9,11H,3-6,10H2,1-2H3,(H,21,22). The number of nitrogens with one attached hydrogen (secondary N) is 1. The average molecular weight is 387 g/mol. The van der Waals surface area contributed by atoms with Gasteiger partial charge in [0.2, 0.25) is 0 Å². The first kappa shape index (κ1) is 19.1. The smallest absolute Gasteiger partial charge is 0.339 e. The fourth-order valence-electron chi connectivity index (χ4n) is 3.06. The van der Waals surface area contributed by atoms with Crippen molar-refractivity contribution < 1.29 is 23.9 Å². The van der Waals surface area contributed by atoms with Gasteiger partial charge in [0.25, 0.3) is 5.91 Å². The van der Waals surface area contributed by atoms with Crippen LogP contribution in [0.5, 0.6) is 0 Å². The normalized spacial score (nSPS) is 12.8. The van der Waals surface area contributed by atoms with Crippen LogP contribution in [0.3, 0.4) is 0 Å². The molecule has 27 heavy (non-hydrogen) atoms. The third kappa shape index (κ3) is 4.36. The highest BCUT2D eigenvalue weighted by Gasteiger charge is 2.21. The van der Waals surface area contributed by atoms with Gasteiger partial charge in [0.05, 0.1) is 18.2 Å². The highest BCUT2D eigenvalue weighted by atomic mass is 32.1. The van der Waals surface area contributed by atoms with Crippen molar-refractivity contribution in [2.75, 3.05) is 19.0 Å². The second-order valence-corrected chi connectivity index (χ2v) is 7.37. The molecule has 0 saturated heterocycles. The summed E-state index contributed by atoms with van der Waals surface area (Å²) < 4.78 is 9.87. The molecule has 1 N–H and O–H groups in total. The maximum atomic E-state index is 12.3. The summed E-state index contributed by atoms with van der Waals surface area (Å²) in [5.41, 5.74) is 3.24. The molecule has 1 aliphatic carbocycles. The van der Waals surface area contributed by atoms with Gasteiger partial charge in [0, 0.05) is 15.9 Å². The van der Waals surface area contributed by atoms with Crippen LogP contribution in [-0.4, -0.2) is 31.6 Å². The number of fused-ring (bicyclic) bond motifs is 1. The molecule has 1 aromatic heterocycles. The zero-order valence-electron chi connectivity index (χ0n) is 15.3. The van der Waals surface area contributed by atoms with Crippen LogP contribution in [0.15, 0.2) is 23.6 Å². The molecule has 1 aliphatic rings. The van der Waals surface area contributed by atoms with E-state index in [-0.39, 0.29) is 6.61 Å². The van der Waals surface area contributed by atoms with E-state index in [9.17, 15) is 14.4 Å². The Morgan fingerprint density at radius 2 is 1.93 bits per heavy atom. The molecule has 0 aliphatic heterocycles. The van der Waals surface area contributed by atoms with Gasteiger partial charge < -0.3 is 14.8 Å². The van der Waals surface area contributed by atoms with Crippen molar-refractivity contribution in [3.8, 4) is 0 Å². The van der Waals surface area contributed by atoms with E-state index < -0.39 is 17.8 Å². The lowest BCUT2D eigenvalue weighted by Gasteiger charge is -2.13. The number of ether oxygens (including phenoxy) is 2. The van der Waals surface area contributed by atoms with Crippen LogP contribution >= 0.6 is 11.3 Å². The van der Waals surface area contributed by atoms with E-state index >= 15 is 0 Å². The zero-order valence-corrected chi connectivity index (χ0v) is 16.1. The molecule has 0 atom stereocenters. The van der Waals surface area contributed by atoms with E-state index in [1.807, 2.05) is 5.38 Å². The van der Waals surface area contributed by atoms with Crippen molar-refractivity contribution in [3.63, 3.8) is 0 Å². The Balaban J connectivity index is 1.61. The van der Waals surface area contributed by atoms with Crippen LogP contribution < -0.4 is 5.32 Å². The highest BCUT2D eigenvalue weighted by Crippen LogP contribution is 2.30. The largest absolute Gasteiger partial charge is 0.465 e. The first-order valence-electron chi connectivity index (χ1n) is 8.74. The fourth-order valence-corrected chi connectivity index (χ4v) is 4.18. The molecule has 7 heteroatoms. The summed E-state index contributed by atoms with van der Waals surface area (Å²) in [4.78, 5) is 37.4. The van der Waals surface area contributed by atoms with Gasteiger partial charge in [-0.3, -0.25) is 4.79 Å². The maximum absolute atomic E-state index is 12.3. The van der Waals surface area contributed by atoms with Crippen molar-refractivity contribution in [1.82, 2.24) is 0 Å². The summed E-state index contributed by atoms with van der Waals surface area (Å²) in [5, 5.41) is 4.49. The van der Waals surface area contributed by atoms with E-state index in [1.165, 1.54) is 18.1 Å². The number of benzene rings is 1. The van der Waals surface area contributed by atoms with Gasteiger partial charge in [-0.1, -0.05) is 6.07 Å². The first-order chi connectivity index (χ1) is 13.0. The highest BCUT2D eigenvalue weighted by molar-refractivity contribution is 7.10. The van der Waals surface area contributed by atoms with Crippen LogP contribution in [0.4, 0.5) is 5.69 Å². The Hall–Kier alpha value is -2.67. The van der Waals surface area contributed by atoms with E-state index in [1.54, 1.807) is 30.4 Å². The lowest BCUT2D eigenvalue weighted by atomic mass is 9.96. The number of aryl methyl sites for hydroxylation is 2. The number of carbonyl (C=O) groups excluding carboxylic acids is 3. The predicted molar refractivity (Wildman–Crippen MR) is 102 cm³/mol. The maximum Gasteiger partial charge on any atom is 0.339 e. The number of esters is 2. The topological polar surface area (TPSA) is 81.7 Å². The zero-order chi connectivity index (χ0) is 19.4. The minimum absolute atomic E-state index is 0.334. The lowest BCUT2D eigenvalue weighted by molar-refractivity contribution is -0.119.